The van der Waals surface area contributed by atoms with Crippen molar-refractivity contribution in [1.29, 1.82) is 0 Å². The Morgan fingerprint density at radius 1 is 1.39 bits per heavy atom. The molecule has 0 saturated carbocycles. The van der Waals surface area contributed by atoms with Crippen molar-refractivity contribution < 1.29 is 12.8 Å². The molecule has 0 spiro atoms. The van der Waals surface area contributed by atoms with Crippen molar-refractivity contribution in [1.82, 2.24) is 9.29 Å². The van der Waals surface area contributed by atoms with Gasteiger partial charge < -0.3 is 4.98 Å². The minimum absolute atomic E-state index is 0.291. The van der Waals surface area contributed by atoms with Crippen molar-refractivity contribution in [2.24, 2.45) is 0 Å². The van der Waals surface area contributed by atoms with Gasteiger partial charge in [0.15, 0.2) is 0 Å². The zero-order chi connectivity index (χ0) is 12.9. The number of halogens is 1. The van der Waals surface area contributed by atoms with Crippen molar-refractivity contribution in [2.45, 2.75) is 13.0 Å². The summed E-state index contributed by atoms with van der Waals surface area (Å²) in [5.74, 6) is -0.291. The van der Waals surface area contributed by atoms with Crippen LogP contribution in [0.2, 0.25) is 0 Å². The topological polar surface area (TPSA) is 53.2 Å². The first kappa shape index (κ1) is 11.7. The molecule has 0 saturated heterocycles. The molecule has 0 unspecified atom stereocenters. The molecule has 0 fully saturated rings. The lowest BCUT2D eigenvalue weighted by molar-refractivity contribution is 0.395. The standard InChI is InChI=1S/C12H13FN2O2S/c1-18(16,17)15-5-4-11-10(7-15)9-3-2-8(13)6-12(9)14-11/h2-3,6,14H,4-5,7H2,1H3. The summed E-state index contributed by atoms with van der Waals surface area (Å²) in [6.07, 6.45) is 1.85. The highest BCUT2D eigenvalue weighted by molar-refractivity contribution is 7.88. The fourth-order valence-electron chi connectivity index (χ4n) is 2.45. The Balaban J connectivity index is 2.12. The van der Waals surface area contributed by atoms with Crippen molar-refractivity contribution in [3.8, 4) is 0 Å². The van der Waals surface area contributed by atoms with Crippen LogP contribution in [0.5, 0.6) is 0 Å². The molecule has 3 rings (SSSR count). The molecule has 1 N–H and O–H groups in total. The van der Waals surface area contributed by atoms with E-state index in [0.29, 0.717) is 19.5 Å². The Morgan fingerprint density at radius 3 is 2.89 bits per heavy atom. The van der Waals surface area contributed by atoms with Gasteiger partial charge in [0.05, 0.1) is 6.26 Å². The third-order valence-electron chi connectivity index (χ3n) is 3.37. The number of nitrogens with zero attached hydrogens (tertiary/aromatic N) is 1. The van der Waals surface area contributed by atoms with Crippen LogP contribution in [0, 0.1) is 5.82 Å². The summed E-state index contributed by atoms with van der Waals surface area (Å²) in [7, 11) is -3.18. The number of aromatic nitrogens is 1. The molecule has 6 heteroatoms. The number of hydrogen-bond donors (Lipinski definition) is 1. The molecular weight excluding hydrogens is 255 g/mol. The summed E-state index contributed by atoms with van der Waals surface area (Å²) >= 11 is 0. The Hall–Kier alpha value is -1.40. The average Bonchev–Trinajstić information content (AvgIpc) is 2.63. The molecule has 2 aromatic rings. The van der Waals surface area contributed by atoms with E-state index in [0.717, 1.165) is 22.2 Å². The monoisotopic (exact) mass is 268 g/mol. The fourth-order valence-corrected chi connectivity index (χ4v) is 3.24. The zero-order valence-corrected chi connectivity index (χ0v) is 10.7. The van der Waals surface area contributed by atoms with Crippen LogP contribution in [-0.2, 0) is 23.0 Å². The SMILES string of the molecule is CS(=O)(=O)N1CCc2[nH]c3cc(F)ccc3c2C1. The van der Waals surface area contributed by atoms with Gasteiger partial charge in [0, 0.05) is 36.1 Å². The van der Waals surface area contributed by atoms with E-state index in [2.05, 4.69) is 4.98 Å². The first-order valence-corrected chi connectivity index (χ1v) is 7.54. The van der Waals surface area contributed by atoms with E-state index < -0.39 is 10.0 Å². The Morgan fingerprint density at radius 2 is 2.17 bits per heavy atom. The number of hydrogen-bond acceptors (Lipinski definition) is 2. The second kappa shape index (κ2) is 3.80. The number of H-pyrrole nitrogens is 1. The second-order valence-corrected chi connectivity index (χ2v) is 6.60. The fraction of sp³-hybridized carbons (Fsp3) is 0.333. The molecule has 0 atom stereocenters. The summed E-state index contributed by atoms with van der Waals surface area (Å²) in [5, 5.41) is 0.903. The molecule has 0 aliphatic carbocycles. The summed E-state index contributed by atoms with van der Waals surface area (Å²) in [6, 6.07) is 4.54. The lowest BCUT2D eigenvalue weighted by atomic mass is 10.1. The maximum Gasteiger partial charge on any atom is 0.211 e. The third kappa shape index (κ3) is 1.81. The van der Waals surface area contributed by atoms with Gasteiger partial charge in [-0.15, -0.1) is 0 Å². The maximum atomic E-state index is 13.1. The van der Waals surface area contributed by atoms with Gasteiger partial charge >= 0.3 is 0 Å². The molecular formula is C12H13FN2O2S. The number of sulfonamides is 1. The van der Waals surface area contributed by atoms with Gasteiger partial charge in [-0.25, -0.2) is 12.8 Å². The maximum absolute atomic E-state index is 13.1. The van der Waals surface area contributed by atoms with Crippen LogP contribution in [0.25, 0.3) is 10.9 Å². The predicted octanol–water partition coefficient (Wildman–Crippen LogP) is 1.62. The number of aromatic amines is 1. The summed E-state index contributed by atoms with van der Waals surface area (Å²) in [6.45, 7) is 0.834. The molecule has 0 radical (unpaired) electrons. The molecule has 1 aliphatic heterocycles. The number of benzene rings is 1. The number of nitrogens with one attached hydrogen (secondary N) is 1. The van der Waals surface area contributed by atoms with Crippen molar-refractivity contribution in [3.63, 3.8) is 0 Å². The van der Waals surface area contributed by atoms with Crippen molar-refractivity contribution >= 4 is 20.9 Å². The van der Waals surface area contributed by atoms with Gasteiger partial charge in [0.2, 0.25) is 10.0 Å². The van der Waals surface area contributed by atoms with E-state index >= 15 is 0 Å². The molecule has 0 amide bonds. The van der Waals surface area contributed by atoms with Crippen molar-refractivity contribution in [3.05, 3.63) is 35.3 Å². The molecule has 4 nitrogen and oxygen atoms in total. The van der Waals surface area contributed by atoms with Crippen LogP contribution in [0.15, 0.2) is 18.2 Å². The average molecular weight is 268 g/mol. The number of rotatable bonds is 1. The predicted molar refractivity (Wildman–Crippen MR) is 67.2 cm³/mol. The highest BCUT2D eigenvalue weighted by atomic mass is 32.2. The lowest BCUT2D eigenvalue weighted by Gasteiger charge is -2.24. The zero-order valence-electron chi connectivity index (χ0n) is 9.90. The van der Waals surface area contributed by atoms with Gasteiger partial charge in [-0.1, -0.05) is 0 Å². The molecule has 2 heterocycles. The van der Waals surface area contributed by atoms with E-state index in [-0.39, 0.29) is 5.82 Å². The largest absolute Gasteiger partial charge is 0.358 e. The Kier molecular flexibility index (Phi) is 2.46. The van der Waals surface area contributed by atoms with E-state index in [1.165, 1.54) is 22.7 Å². The molecule has 1 aromatic heterocycles. The summed E-state index contributed by atoms with van der Waals surface area (Å²) in [5.41, 5.74) is 2.70. The van der Waals surface area contributed by atoms with E-state index in [1.807, 2.05) is 0 Å². The lowest BCUT2D eigenvalue weighted by Crippen LogP contribution is -2.34. The minimum Gasteiger partial charge on any atom is -0.358 e. The molecule has 96 valence electrons. The molecule has 1 aliphatic rings. The van der Waals surface area contributed by atoms with Gasteiger partial charge in [0.25, 0.3) is 0 Å². The van der Waals surface area contributed by atoms with Gasteiger partial charge in [0.1, 0.15) is 5.82 Å². The third-order valence-corrected chi connectivity index (χ3v) is 4.62. The van der Waals surface area contributed by atoms with Crippen LogP contribution >= 0.6 is 0 Å². The summed E-state index contributed by atoms with van der Waals surface area (Å²) < 4.78 is 37.7. The van der Waals surface area contributed by atoms with Crippen LogP contribution in [-0.4, -0.2) is 30.5 Å². The first-order chi connectivity index (χ1) is 8.45. The van der Waals surface area contributed by atoms with Crippen LogP contribution in [0.4, 0.5) is 4.39 Å². The minimum atomic E-state index is -3.18. The Labute approximate surface area is 104 Å². The highest BCUT2D eigenvalue weighted by Crippen LogP contribution is 2.28. The van der Waals surface area contributed by atoms with Gasteiger partial charge in [-0.2, -0.15) is 4.31 Å². The van der Waals surface area contributed by atoms with E-state index in [9.17, 15) is 12.8 Å². The summed E-state index contributed by atoms with van der Waals surface area (Å²) in [4.78, 5) is 3.17. The molecule has 18 heavy (non-hydrogen) atoms. The van der Waals surface area contributed by atoms with Crippen LogP contribution in [0.3, 0.4) is 0 Å². The molecule has 0 bridgehead atoms. The quantitative estimate of drug-likeness (QED) is 0.854. The van der Waals surface area contributed by atoms with Crippen molar-refractivity contribution in [2.75, 3.05) is 12.8 Å². The highest BCUT2D eigenvalue weighted by Gasteiger charge is 2.25. The smallest absolute Gasteiger partial charge is 0.211 e. The Bertz CT molecular complexity index is 721. The van der Waals surface area contributed by atoms with E-state index in [1.54, 1.807) is 6.07 Å². The number of fused-ring (bicyclic) bond motifs is 3. The first-order valence-electron chi connectivity index (χ1n) is 5.69. The van der Waals surface area contributed by atoms with Crippen LogP contribution in [0.1, 0.15) is 11.3 Å². The normalized spacial score (nSPS) is 17.0. The van der Waals surface area contributed by atoms with Crippen LogP contribution < -0.4 is 0 Å². The van der Waals surface area contributed by atoms with Gasteiger partial charge in [-0.05, 0) is 23.8 Å². The van der Waals surface area contributed by atoms with E-state index in [4.69, 9.17) is 0 Å². The molecule has 1 aromatic carbocycles. The van der Waals surface area contributed by atoms with Gasteiger partial charge in [-0.3, -0.25) is 0 Å². The second-order valence-electron chi connectivity index (χ2n) is 4.62.